The summed E-state index contributed by atoms with van der Waals surface area (Å²) >= 11 is 3.41. The van der Waals surface area contributed by atoms with E-state index in [4.69, 9.17) is 0 Å². The normalized spacial score (nSPS) is 11.3. The molecule has 5 heteroatoms. The van der Waals surface area contributed by atoms with Crippen LogP contribution in [0.5, 0.6) is 0 Å². The molecule has 2 heterocycles. The van der Waals surface area contributed by atoms with Crippen LogP contribution in [0.4, 0.5) is 5.82 Å². The fraction of sp³-hybridized carbons (Fsp3) is 0.455. The van der Waals surface area contributed by atoms with Crippen LogP contribution in [0.1, 0.15) is 19.5 Å². The molecule has 16 heavy (non-hydrogen) atoms. The molecule has 0 radical (unpaired) electrons. The van der Waals surface area contributed by atoms with Gasteiger partial charge in [-0.1, -0.05) is 13.8 Å². The van der Waals surface area contributed by atoms with Crippen molar-refractivity contribution < 1.29 is 0 Å². The zero-order valence-electron chi connectivity index (χ0n) is 9.66. The van der Waals surface area contributed by atoms with Crippen molar-refractivity contribution in [3.63, 3.8) is 0 Å². The summed E-state index contributed by atoms with van der Waals surface area (Å²) in [5, 5.41) is 3.32. The lowest BCUT2D eigenvalue weighted by molar-refractivity contribution is 0.687. The maximum absolute atomic E-state index is 4.41. The number of imidazole rings is 1. The van der Waals surface area contributed by atoms with Crippen molar-refractivity contribution >= 4 is 27.4 Å². The molecule has 1 N–H and O–H groups in total. The van der Waals surface area contributed by atoms with E-state index in [2.05, 4.69) is 45.1 Å². The van der Waals surface area contributed by atoms with Crippen molar-refractivity contribution in [2.75, 3.05) is 11.9 Å². The summed E-state index contributed by atoms with van der Waals surface area (Å²) in [6.45, 7) is 7.25. The van der Waals surface area contributed by atoms with Gasteiger partial charge < -0.3 is 5.32 Å². The molecule has 0 amide bonds. The van der Waals surface area contributed by atoms with Gasteiger partial charge in [0.1, 0.15) is 4.60 Å². The van der Waals surface area contributed by atoms with E-state index in [1.54, 1.807) is 0 Å². The number of hydrogen-bond donors (Lipinski definition) is 1. The van der Waals surface area contributed by atoms with Gasteiger partial charge in [0.15, 0.2) is 11.5 Å². The molecule has 2 rings (SSSR count). The van der Waals surface area contributed by atoms with Gasteiger partial charge >= 0.3 is 0 Å². The summed E-state index contributed by atoms with van der Waals surface area (Å²) in [4.78, 5) is 8.76. The first-order valence-electron chi connectivity index (χ1n) is 5.32. The number of hydrogen-bond acceptors (Lipinski definition) is 3. The second kappa shape index (κ2) is 4.41. The summed E-state index contributed by atoms with van der Waals surface area (Å²) in [5.74, 6) is 1.41. The highest BCUT2D eigenvalue weighted by Gasteiger charge is 2.08. The van der Waals surface area contributed by atoms with Crippen molar-refractivity contribution in [2.45, 2.75) is 20.8 Å². The van der Waals surface area contributed by atoms with Crippen LogP contribution in [-0.2, 0) is 0 Å². The second-order valence-electron chi connectivity index (χ2n) is 4.28. The molecule has 0 fully saturated rings. The van der Waals surface area contributed by atoms with Crippen LogP contribution in [-0.4, -0.2) is 20.9 Å². The summed E-state index contributed by atoms with van der Waals surface area (Å²) in [6, 6.07) is 0. The Morgan fingerprint density at radius 2 is 2.25 bits per heavy atom. The minimum Gasteiger partial charge on any atom is -0.367 e. The highest BCUT2D eigenvalue weighted by Crippen LogP contribution is 2.18. The molecule has 0 aromatic carbocycles. The molecule has 0 unspecified atom stereocenters. The average Bonchev–Trinajstić information content (AvgIpc) is 2.57. The lowest BCUT2D eigenvalue weighted by atomic mass is 10.2. The van der Waals surface area contributed by atoms with E-state index >= 15 is 0 Å². The first-order valence-corrected chi connectivity index (χ1v) is 6.11. The Morgan fingerprint density at radius 1 is 1.50 bits per heavy atom. The van der Waals surface area contributed by atoms with Crippen LogP contribution in [0.25, 0.3) is 5.65 Å². The van der Waals surface area contributed by atoms with E-state index in [1.807, 2.05) is 23.7 Å². The smallest absolute Gasteiger partial charge is 0.180 e. The number of anilines is 1. The van der Waals surface area contributed by atoms with Crippen LogP contribution in [0, 0.1) is 12.8 Å². The number of aryl methyl sites for hydroxylation is 1. The lowest BCUT2D eigenvalue weighted by Crippen LogP contribution is -2.10. The van der Waals surface area contributed by atoms with E-state index in [0.29, 0.717) is 5.92 Å². The van der Waals surface area contributed by atoms with Gasteiger partial charge in [-0.3, -0.25) is 4.40 Å². The molecule has 0 aliphatic heterocycles. The van der Waals surface area contributed by atoms with E-state index in [1.165, 1.54) is 0 Å². The Morgan fingerprint density at radius 3 is 2.94 bits per heavy atom. The van der Waals surface area contributed by atoms with Crippen molar-refractivity contribution in [3.05, 3.63) is 22.7 Å². The molecule has 0 bridgehead atoms. The standard InChI is InChI=1S/C11H15BrN4/c1-7(2)4-13-10-11-14-5-8(3)16(11)6-9(12)15-10/h5-7H,4H2,1-3H3,(H,13,15). The van der Waals surface area contributed by atoms with Gasteiger partial charge in [-0.05, 0) is 28.8 Å². The van der Waals surface area contributed by atoms with Gasteiger partial charge in [-0.2, -0.15) is 0 Å². The maximum atomic E-state index is 4.41. The summed E-state index contributed by atoms with van der Waals surface area (Å²) < 4.78 is 2.84. The number of fused-ring (bicyclic) bond motifs is 1. The SMILES string of the molecule is Cc1cnc2c(NCC(C)C)nc(Br)cn12. The lowest BCUT2D eigenvalue weighted by Gasteiger charge is -2.09. The Bertz CT molecular complexity index is 504. The van der Waals surface area contributed by atoms with Crippen LogP contribution < -0.4 is 5.32 Å². The molecular formula is C11H15BrN4. The third-order valence-electron chi connectivity index (χ3n) is 2.33. The molecule has 0 aliphatic rings. The summed E-state index contributed by atoms with van der Waals surface area (Å²) in [6.07, 6.45) is 3.78. The highest BCUT2D eigenvalue weighted by atomic mass is 79.9. The highest BCUT2D eigenvalue weighted by molar-refractivity contribution is 9.10. The van der Waals surface area contributed by atoms with Gasteiger partial charge in [0.25, 0.3) is 0 Å². The van der Waals surface area contributed by atoms with E-state index in [9.17, 15) is 0 Å². The number of nitrogens with one attached hydrogen (secondary N) is 1. The summed E-state index contributed by atoms with van der Waals surface area (Å²) in [5.41, 5.74) is 1.98. The van der Waals surface area contributed by atoms with Gasteiger partial charge in [-0.15, -0.1) is 0 Å². The zero-order valence-corrected chi connectivity index (χ0v) is 11.2. The Hall–Kier alpha value is -1.10. The van der Waals surface area contributed by atoms with Crippen molar-refractivity contribution in [3.8, 4) is 0 Å². The minimum atomic E-state index is 0.580. The number of rotatable bonds is 3. The Labute approximate surface area is 103 Å². The fourth-order valence-corrected chi connectivity index (χ4v) is 1.88. The zero-order chi connectivity index (χ0) is 11.7. The average molecular weight is 283 g/mol. The molecular weight excluding hydrogens is 268 g/mol. The van der Waals surface area contributed by atoms with E-state index < -0.39 is 0 Å². The van der Waals surface area contributed by atoms with Crippen molar-refractivity contribution in [2.24, 2.45) is 5.92 Å². The predicted octanol–water partition coefficient (Wildman–Crippen LogP) is 2.87. The fourth-order valence-electron chi connectivity index (χ4n) is 1.50. The molecule has 0 atom stereocenters. The molecule has 2 aromatic rings. The third-order valence-corrected chi connectivity index (χ3v) is 2.71. The molecule has 4 nitrogen and oxygen atoms in total. The van der Waals surface area contributed by atoms with Gasteiger partial charge in [-0.25, -0.2) is 9.97 Å². The Balaban J connectivity index is 2.43. The second-order valence-corrected chi connectivity index (χ2v) is 5.09. The van der Waals surface area contributed by atoms with Crippen LogP contribution in [0.15, 0.2) is 17.0 Å². The van der Waals surface area contributed by atoms with Crippen LogP contribution in [0.2, 0.25) is 0 Å². The number of nitrogens with zero attached hydrogens (tertiary/aromatic N) is 3. The van der Waals surface area contributed by atoms with Crippen molar-refractivity contribution in [1.82, 2.24) is 14.4 Å². The third kappa shape index (κ3) is 2.19. The molecule has 0 saturated heterocycles. The van der Waals surface area contributed by atoms with Crippen LogP contribution in [0.3, 0.4) is 0 Å². The molecule has 86 valence electrons. The van der Waals surface area contributed by atoms with E-state index in [-0.39, 0.29) is 0 Å². The van der Waals surface area contributed by atoms with Gasteiger partial charge in [0.05, 0.1) is 0 Å². The molecule has 0 aliphatic carbocycles. The van der Waals surface area contributed by atoms with Gasteiger partial charge in [0.2, 0.25) is 0 Å². The quantitative estimate of drug-likeness (QED) is 0.941. The first-order chi connectivity index (χ1) is 7.58. The number of halogens is 1. The summed E-state index contributed by atoms with van der Waals surface area (Å²) in [7, 11) is 0. The largest absolute Gasteiger partial charge is 0.367 e. The van der Waals surface area contributed by atoms with E-state index in [0.717, 1.165) is 28.3 Å². The van der Waals surface area contributed by atoms with Crippen LogP contribution >= 0.6 is 15.9 Å². The van der Waals surface area contributed by atoms with Gasteiger partial charge in [0, 0.05) is 24.6 Å². The van der Waals surface area contributed by atoms with Crippen molar-refractivity contribution in [1.29, 1.82) is 0 Å². The molecule has 2 aromatic heterocycles. The Kier molecular flexibility index (Phi) is 3.14. The maximum Gasteiger partial charge on any atom is 0.180 e. The monoisotopic (exact) mass is 282 g/mol. The molecule has 0 saturated carbocycles. The minimum absolute atomic E-state index is 0.580. The topological polar surface area (TPSA) is 42.2 Å². The number of aromatic nitrogens is 3. The molecule has 0 spiro atoms. The predicted molar refractivity (Wildman–Crippen MR) is 68.8 cm³/mol. The first kappa shape index (κ1) is 11.4.